The Labute approximate surface area is 101 Å². The number of carbonyl (C=O) groups is 1. The second-order valence-electron chi connectivity index (χ2n) is 2.60. The zero-order valence-corrected chi connectivity index (χ0v) is 9.51. The fraction of sp³-hybridized carbons (Fsp3) is 0.143. The number of alkyl halides is 2. The van der Waals surface area contributed by atoms with E-state index >= 15 is 0 Å². The molecule has 1 heterocycles. The summed E-state index contributed by atoms with van der Waals surface area (Å²) < 4.78 is 24.6. The van der Waals surface area contributed by atoms with Crippen molar-refractivity contribution < 1.29 is 23.6 Å². The molecule has 9 heteroatoms. The van der Waals surface area contributed by atoms with E-state index in [-0.39, 0.29) is 3.57 Å². The third-order valence-corrected chi connectivity index (χ3v) is 2.70. The zero-order chi connectivity index (χ0) is 12.5. The van der Waals surface area contributed by atoms with Gasteiger partial charge in [0, 0.05) is 11.6 Å². The van der Waals surface area contributed by atoms with Crippen molar-refractivity contribution in [3.8, 4) is 0 Å². The molecule has 0 aliphatic rings. The van der Waals surface area contributed by atoms with Crippen LogP contribution in [0.2, 0.25) is 0 Å². The Hall–Kier alpha value is -1.39. The lowest BCUT2D eigenvalue weighted by molar-refractivity contribution is -0.390. The Kier molecular flexibility index (Phi) is 3.67. The molecule has 1 rings (SSSR count). The number of nitrogens with zero attached hydrogens (tertiary/aromatic N) is 2. The molecule has 1 aromatic rings. The van der Waals surface area contributed by atoms with Gasteiger partial charge < -0.3 is 15.2 Å². The topological polar surface area (TPSA) is 93.3 Å². The minimum atomic E-state index is -2.99. The number of hydrogen-bond donors (Lipinski definition) is 1. The third-order valence-electron chi connectivity index (χ3n) is 1.60. The fourth-order valence-corrected chi connectivity index (χ4v) is 1.63. The Balaban J connectivity index is 3.51. The van der Waals surface area contributed by atoms with Crippen LogP contribution in [0.25, 0.3) is 0 Å². The standard InChI is InChI=1S/C7H3F2IN2O4/c8-5(9)2-1-3(7(13)14)11-6(4(2)10)12(15)16/h1,5H,(H,13,14). The van der Waals surface area contributed by atoms with Crippen LogP contribution < -0.4 is 0 Å². The first-order chi connectivity index (χ1) is 7.34. The molecule has 0 amide bonds. The number of halogens is 3. The molecule has 16 heavy (non-hydrogen) atoms. The first-order valence-electron chi connectivity index (χ1n) is 3.71. The Bertz CT molecular complexity index is 466. The molecule has 0 spiro atoms. The van der Waals surface area contributed by atoms with Crippen LogP contribution >= 0.6 is 22.6 Å². The van der Waals surface area contributed by atoms with E-state index in [1.54, 1.807) is 0 Å². The minimum absolute atomic E-state index is 0.359. The number of aromatic nitrogens is 1. The molecule has 0 aromatic carbocycles. The molecule has 0 saturated heterocycles. The van der Waals surface area contributed by atoms with Crippen LogP contribution in [0.5, 0.6) is 0 Å². The summed E-state index contributed by atoms with van der Waals surface area (Å²) in [6.07, 6.45) is -2.99. The van der Waals surface area contributed by atoms with Gasteiger partial charge in [-0.1, -0.05) is 0 Å². The quantitative estimate of drug-likeness (QED) is 0.516. The highest BCUT2D eigenvalue weighted by molar-refractivity contribution is 14.1. The lowest BCUT2D eigenvalue weighted by Gasteiger charge is -2.03. The number of hydrogen-bond acceptors (Lipinski definition) is 4. The number of nitro groups is 1. The largest absolute Gasteiger partial charge is 0.475 e. The van der Waals surface area contributed by atoms with Crippen molar-refractivity contribution in [2.75, 3.05) is 0 Å². The normalized spacial score (nSPS) is 10.5. The monoisotopic (exact) mass is 344 g/mol. The highest BCUT2D eigenvalue weighted by Crippen LogP contribution is 2.30. The molecule has 0 unspecified atom stereocenters. The molecular weight excluding hydrogens is 341 g/mol. The van der Waals surface area contributed by atoms with Crippen molar-refractivity contribution in [1.82, 2.24) is 4.98 Å². The molecular formula is C7H3F2IN2O4. The molecule has 6 nitrogen and oxygen atoms in total. The summed E-state index contributed by atoms with van der Waals surface area (Å²) in [5.74, 6) is -2.47. The van der Waals surface area contributed by atoms with E-state index in [1.807, 2.05) is 0 Å². The van der Waals surface area contributed by atoms with E-state index < -0.39 is 34.4 Å². The van der Waals surface area contributed by atoms with E-state index in [2.05, 4.69) is 4.98 Å². The Morgan fingerprint density at radius 2 is 2.19 bits per heavy atom. The second-order valence-corrected chi connectivity index (χ2v) is 3.68. The molecule has 1 aromatic heterocycles. The highest BCUT2D eigenvalue weighted by Gasteiger charge is 2.27. The average molecular weight is 344 g/mol. The van der Waals surface area contributed by atoms with E-state index in [1.165, 1.54) is 22.6 Å². The van der Waals surface area contributed by atoms with E-state index in [4.69, 9.17) is 5.11 Å². The van der Waals surface area contributed by atoms with Gasteiger partial charge in [-0.3, -0.25) is 0 Å². The van der Waals surface area contributed by atoms with Gasteiger partial charge in [-0.05, 0) is 32.5 Å². The van der Waals surface area contributed by atoms with Gasteiger partial charge in [0.15, 0.2) is 0 Å². The fourth-order valence-electron chi connectivity index (χ4n) is 0.925. The predicted octanol–water partition coefficient (Wildman–Crippen LogP) is 2.23. The van der Waals surface area contributed by atoms with Crippen LogP contribution in [0.3, 0.4) is 0 Å². The molecule has 0 saturated carbocycles. The maximum atomic E-state index is 12.5. The molecule has 0 atom stereocenters. The van der Waals surface area contributed by atoms with Crippen LogP contribution in [0.4, 0.5) is 14.6 Å². The summed E-state index contributed by atoms with van der Waals surface area (Å²) in [5, 5.41) is 19.0. The summed E-state index contributed by atoms with van der Waals surface area (Å²) in [5.41, 5.74) is -1.48. The van der Waals surface area contributed by atoms with Crippen molar-refractivity contribution in [2.24, 2.45) is 0 Å². The summed E-state index contributed by atoms with van der Waals surface area (Å²) in [6.45, 7) is 0. The predicted molar refractivity (Wildman–Crippen MR) is 55.5 cm³/mol. The Morgan fingerprint density at radius 3 is 2.56 bits per heavy atom. The third kappa shape index (κ3) is 2.40. The maximum absolute atomic E-state index is 12.5. The van der Waals surface area contributed by atoms with Crippen molar-refractivity contribution in [3.05, 3.63) is 31.0 Å². The number of pyridine rings is 1. The lowest BCUT2D eigenvalue weighted by Crippen LogP contribution is -2.08. The van der Waals surface area contributed by atoms with Crippen LogP contribution in [0, 0.1) is 13.7 Å². The molecule has 1 N–H and O–H groups in total. The van der Waals surface area contributed by atoms with Crippen LogP contribution in [0.15, 0.2) is 6.07 Å². The molecule has 0 radical (unpaired) electrons. The number of carboxylic acid groups (broad SMARTS) is 1. The summed E-state index contributed by atoms with van der Waals surface area (Å²) in [6, 6.07) is 0.627. The van der Waals surface area contributed by atoms with Crippen LogP contribution in [0.1, 0.15) is 22.5 Å². The van der Waals surface area contributed by atoms with E-state index in [0.29, 0.717) is 6.07 Å². The smallest absolute Gasteiger partial charge is 0.380 e. The molecule has 0 aliphatic heterocycles. The van der Waals surface area contributed by atoms with E-state index in [9.17, 15) is 23.7 Å². The first kappa shape index (κ1) is 12.7. The van der Waals surface area contributed by atoms with Gasteiger partial charge in [0.2, 0.25) is 0 Å². The Morgan fingerprint density at radius 1 is 1.62 bits per heavy atom. The van der Waals surface area contributed by atoms with Crippen molar-refractivity contribution in [3.63, 3.8) is 0 Å². The van der Waals surface area contributed by atoms with Crippen LogP contribution in [-0.2, 0) is 0 Å². The summed E-state index contributed by atoms with van der Waals surface area (Å²) in [4.78, 5) is 23.2. The number of carboxylic acids is 1. The number of rotatable bonds is 3. The molecule has 0 fully saturated rings. The molecule has 0 bridgehead atoms. The van der Waals surface area contributed by atoms with Gasteiger partial charge in [0.25, 0.3) is 12.1 Å². The zero-order valence-electron chi connectivity index (χ0n) is 7.35. The van der Waals surface area contributed by atoms with Gasteiger partial charge in [0.1, 0.15) is 3.57 Å². The van der Waals surface area contributed by atoms with Crippen LogP contribution in [-0.4, -0.2) is 21.0 Å². The lowest BCUT2D eigenvalue weighted by atomic mass is 10.2. The van der Waals surface area contributed by atoms with Gasteiger partial charge in [-0.2, -0.15) is 0 Å². The van der Waals surface area contributed by atoms with Gasteiger partial charge in [0.05, 0.1) is 0 Å². The second kappa shape index (κ2) is 4.63. The minimum Gasteiger partial charge on any atom is -0.475 e. The van der Waals surface area contributed by atoms with Crippen molar-refractivity contribution in [2.45, 2.75) is 6.43 Å². The van der Waals surface area contributed by atoms with E-state index in [0.717, 1.165) is 0 Å². The first-order valence-corrected chi connectivity index (χ1v) is 4.78. The number of aromatic carboxylic acids is 1. The summed E-state index contributed by atoms with van der Waals surface area (Å²) >= 11 is 1.33. The van der Waals surface area contributed by atoms with Gasteiger partial charge >= 0.3 is 11.8 Å². The van der Waals surface area contributed by atoms with Gasteiger partial charge in [-0.25, -0.2) is 13.6 Å². The SMILES string of the molecule is O=C(O)c1cc(C(F)F)c(I)c([N+](=O)[O-])n1. The highest BCUT2D eigenvalue weighted by atomic mass is 127. The summed E-state index contributed by atoms with van der Waals surface area (Å²) in [7, 11) is 0. The van der Waals surface area contributed by atoms with Crippen molar-refractivity contribution >= 4 is 34.4 Å². The van der Waals surface area contributed by atoms with Gasteiger partial charge in [-0.15, -0.1) is 0 Å². The maximum Gasteiger partial charge on any atom is 0.380 e. The molecule has 86 valence electrons. The van der Waals surface area contributed by atoms with Crippen molar-refractivity contribution in [1.29, 1.82) is 0 Å². The average Bonchev–Trinajstić information content (AvgIpc) is 2.16. The molecule has 0 aliphatic carbocycles.